The van der Waals surface area contributed by atoms with Crippen LogP contribution in [0.15, 0.2) is 0 Å². The lowest BCUT2D eigenvalue weighted by Gasteiger charge is -2.33. The molecular formula is C10H21NO3S. The van der Waals surface area contributed by atoms with Gasteiger partial charge in [-0.2, -0.15) is 4.31 Å². The maximum Gasteiger partial charge on any atom is 0.214 e. The standard InChI is InChI=1S/C10H21NO3S/c1-3-6-10(2,12)9-11-7-4-5-8-15(11,13)14/h12H,3-9H2,1-2H3. The zero-order valence-electron chi connectivity index (χ0n) is 9.57. The third kappa shape index (κ3) is 3.74. The van der Waals surface area contributed by atoms with Crippen molar-refractivity contribution in [2.45, 2.75) is 45.1 Å². The summed E-state index contributed by atoms with van der Waals surface area (Å²) < 4.78 is 24.8. The van der Waals surface area contributed by atoms with Crippen LogP contribution in [0.2, 0.25) is 0 Å². The molecule has 15 heavy (non-hydrogen) atoms. The van der Waals surface area contributed by atoms with Crippen molar-refractivity contribution >= 4 is 10.0 Å². The van der Waals surface area contributed by atoms with Crippen LogP contribution in [0.3, 0.4) is 0 Å². The Balaban J connectivity index is 2.64. The second-order valence-corrected chi connectivity index (χ2v) is 6.69. The van der Waals surface area contributed by atoms with E-state index in [2.05, 4.69) is 0 Å². The molecule has 1 heterocycles. The van der Waals surface area contributed by atoms with E-state index in [0.717, 1.165) is 19.3 Å². The molecule has 1 aliphatic heterocycles. The molecule has 1 saturated heterocycles. The number of rotatable bonds is 4. The Kier molecular flexibility index (Phi) is 4.14. The molecule has 1 aliphatic rings. The molecule has 0 radical (unpaired) electrons. The largest absolute Gasteiger partial charge is 0.389 e. The van der Waals surface area contributed by atoms with Gasteiger partial charge < -0.3 is 5.11 Å². The third-order valence-corrected chi connectivity index (χ3v) is 4.66. The molecule has 1 N–H and O–H groups in total. The summed E-state index contributed by atoms with van der Waals surface area (Å²) in [6.07, 6.45) is 3.15. The van der Waals surface area contributed by atoms with Gasteiger partial charge in [-0.3, -0.25) is 0 Å². The Morgan fingerprint density at radius 1 is 1.40 bits per heavy atom. The summed E-state index contributed by atoms with van der Waals surface area (Å²) in [5.41, 5.74) is -0.890. The third-order valence-electron chi connectivity index (χ3n) is 2.76. The molecule has 0 aromatic carbocycles. The van der Waals surface area contributed by atoms with Gasteiger partial charge in [-0.25, -0.2) is 8.42 Å². The molecule has 0 saturated carbocycles. The number of nitrogens with zero attached hydrogens (tertiary/aromatic N) is 1. The lowest BCUT2D eigenvalue weighted by Crippen LogP contribution is -2.47. The van der Waals surface area contributed by atoms with E-state index >= 15 is 0 Å². The van der Waals surface area contributed by atoms with Gasteiger partial charge in [0.05, 0.1) is 11.4 Å². The Morgan fingerprint density at radius 2 is 2.07 bits per heavy atom. The van der Waals surface area contributed by atoms with Crippen molar-refractivity contribution in [3.8, 4) is 0 Å². The van der Waals surface area contributed by atoms with E-state index in [9.17, 15) is 13.5 Å². The van der Waals surface area contributed by atoms with Gasteiger partial charge in [-0.05, 0) is 26.2 Å². The first kappa shape index (κ1) is 12.9. The van der Waals surface area contributed by atoms with E-state index in [1.54, 1.807) is 6.92 Å². The molecule has 0 aliphatic carbocycles. The van der Waals surface area contributed by atoms with Crippen LogP contribution < -0.4 is 0 Å². The zero-order valence-corrected chi connectivity index (χ0v) is 10.4. The van der Waals surface area contributed by atoms with Crippen LogP contribution in [0.1, 0.15) is 39.5 Å². The molecule has 0 spiro atoms. The van der Waals surface area contributed by atoms with E-state index in [0.29, 0.717) is 13.0 Å². The predicted molar refractivity (Wildman–Crippen MR) is 60.1 cm³/mol. The minimum absolute atomic E-state index is 0.231. The number of hydrogen-bond donors (Lipinski definition) is 1. The smallest absolute Gasteiger partial charge is 0.214 e. The fourth-order valence-electron chi connectivity index (χ4n) is 2.02. The van der Waals surface area contributed by atoms with Crippen molar-refractivity contribution in [3.05, 3.63) is 0 Å². The topological polar surface area (TPSA) is 57.6 Å². The first-order valence-electron chi connectivity index (χ1n) is 5.57. The SMILES string of the molecule is CCCC(C)(O)CN1CCCCS1(=O)=O. The summed E-state index contributed by atoms with van der Waals surface area (Å²) in [5.74, 6) is 0.231. The van der Waals surface area contributed by atoms with E-state index < -0.39 is 15.6 Å². The van der Waals surface area contributed by atoms with Crippen LogP contribution >= 0.6 is 0 Å². The van der Waals surface area contributed by atoms with E-state index in [4.69, 9.17) is 0 Å². The molecule has 1 rings (SSSR count). The first-order valence-corrected chi connectivity index (χ1v) is 7.18. The van der Waals surface area contributed by atoms with Gasteiger partial charge in [-0.1, -0.05) is 13.3 Å². The van der Waals surface area contributed by atoms with Crippen LogP contribution in [0, 0.1) is 0 Å². The highest BCUT2D eigenvalue weighted by Gasteiger charge is 2.31. The molecule has 90 valence electrons. The molecule has 0 aromatic heterocycles. The summed E-state index contributed by atoms with van der Waals surface area (Å²) in [7, 11) is -3.10. The lowest BCUT2D eigenvalue weighted by atomic mass is 10.0. The number of aliphatic hydroxyl groups is 1. The fraction of sp³-hybridized carbons (Fsp3) is 1.00. The van der Waals surface area contributed by atoms with Crippen molar-refractivity contribution in [1.29, 1.82) is 0 Å². The average Bonchev–Trinajstić information content (AvgIpc) is 2.08. The predicted octanol–water partition coefficient (Wildman–Crippen LogP) is 0.963. The average molecular weight is 235 g/mol. The highest BCUT2D eigenvalue weighted by molar-refractivity contribution is 7.89. The monoisotopic (exact) mass is 235 g/mol. The van der Waals surface area contributed by atoms with Crippen LogP contribution in [0.4, 0.5) is 0 Å². The highest BCUT2D eigenvalue weighted by atomic mass is 32.2. The number of hydrogen-bond acceptors (Lipinski definition) is 3. The summed E-state index contributed by atoms with van der Waals surface area (Å²) >= 11 is 0. The van der Waals surface area contributed by atoms with Gasteiger partial charge >= 0.3 is 0 Å². The minimum Gasteiger partial charge on any atom is -0.389 e. The van der Waals surface area contributed by atoms with E-state index in [1.165, 1.54) is 4.31 Å². The highest BCUT2D eigenvalue weighted by Crippen LogP contribution is 2.20. The van der Waals surface area contributed by atoms with Crippen LogP contribution in [-0.4, -0.2) is 42.3 Å². The van der Waals surface area contributed by atoms with Gasteiger partial charge in [0.25, 0.3) is 0 Å². The van der Waals surface area contributed by atoms with Gasteiger partial charge in [0.2, 0.25) is 10.0 Å². The second kappa shape index (κ2) is 4.80. The molecule has 0 amide bonds. The normalized spacial score (nSPS) is 26.1. The fourth-order valence-corrected chi connectivity index (χ4v) is 3.72. The summed E-state index contributed by atoms with van der Waals surface area (Å²) in [4.78, 5) is 0. The maximum absolute atomic E-state index is 11.7. The molecule has 1 atom stereocenters. The summed E-state index contributed by atoms with van der Waals surface area (Å²) in [6, 6.07) is 0. The Bertz CT molecular complexity index is 298. The molecule has 4 nitrogen and oxygen atoms in total. The number of β-amino-alcohol motifs (C(OH)–C–C–N with tert-alkyl or cyclic N) is 1. The van der Waals surface area contributed by atoms with Gasteiger partial charge in [0.1, 0.15) is 0 Å². The van der Waals surface area contributed by atoms with E-state index in [-0.39, 0.29) is 12.3 Å². The summed E-state index contributed by atoms with van der Waals surface area (Å²) in [5, 5.41) is 9.99. The van der Waals surface area contributed by atoms with Crippen molar-refractivity contribution in [2.24, 2.45) is 0 Å². The molecule has 5 heteroatoms. The molecule has 1 fully saturated rings. The van der Waals surface area contributed by atoms with Crippen molar-refractivity contribution in [2.75, 3.05) is 18.8 Å². The second-order valence-electron chi connectivity index (χ2n) is 4.60. The first-order chi connectivity index (χ1) is 6.87. The van der Waals surface area contributed by atoms with Gasteiger partial charge in [0, 0.05) is 13.1 Å². The van der Waals surface area contributed by atoms with Crippen molar-refractivity contribution in [3.63, 3.8) is 0 Å². The molecule has 0 bridgehead atoms. The molecular weight excluding hydrogens is 214 g/mol. The Labute approximate surface area is 92.3 Å². The number of sulfonamides is 1. The maximum atomic E-state index is 11.7. The zero-order chi connectivity index (χ0) is 11.5. The van der Waals surface area contributed by atoms with Gasteiger partial charge in [0.15, 0.2) is 0 Å². The van der Waals surface area contributed by atoms with Crippen molar-refractivity contribution in [1.82, 2.24) is 4.31 Å². The van der Waals surface area contributed by atoms with Crippen LogP contribution in [0.25, 0.3) is 0 Å². The quantitative estimate of drug-likeness (QED) is 0.789. The summed E-state index contributed by atoms with van der Waals surface area (Å²) in [6.45, 7) is 4.49. The van der Waals surface area contributed by atoms with Gasteiger partial charge in [-0.15, -0.1) is 0 Å². The lowest BCUT2D eigenvalue weighted by molar-refractivity contribution is 0.0305. The Hall–Kier alpha value is -0.130. The van der Waals surface area contributed by atoms with Crippen molar-refractivity contribution < 1.29 is 13.5 Å². The van der Waals surface area contributed by atoms with Crippen LogP contribution in [-0.2, 0) is 10.0 Å². The molecule has 1 unspecified atom stereocenters. The Morgan fingerprint density at radius 3 is 2.60 bits per heavy atom. The molecule has 0 aromatic rings. The van der Waals surface area contributed by atoms with E-state index in [1.807, 2.05) is 6.92 Å². The minimum atomic E-state index is -3.10. The van der Waals surface area contributed by atoms with Crippen LogP contribution in [0.5, 0.6) is 0 Å².